The van der Waals surface area contributed by atoms with Gasteiger partial charge in [-0.2, -0.15) is 0 Å². The summed E-state index contributed by atoms with van der Waals surface area (Å²) in [7, 11) is 0. The highest BCUT2D eigenvalue weighted by Crippen LogP contribution is 2.22. The third kappa shape index (κ3) is 4.07. The highest BCUT2D eigenvalue weighted by Gasteiger charge is 2.15. The number of rotatable bonds is 6. The first-order valence-electron chi connectivity index (χ1n) is 8.00. The van der Waals surface area contributed by atoms with Crippen LogP contribution >= 0.6 is 0 Å². The maximum absolute atomic E-state index is 5.90. The van der Waals surface area contributed by atoms with Crippen molar-refractivity contribution in [1.29, 1.82) is 0 Å². The Kier molecular flexibility index (Phi) is 5.62. The average molecular weight is 275 g/mol. The fraction of sp³-hybridized carbons (Fsp3) is 0.667. The minimum atomic E-state index is 0.390. The molecule has 112 valence electrons. The number of hydrogen-bond donors (Lipinski definition) is 1. The summed E-state index contributed by atoms with van der Waals surface area (Å²) in [6.07, 6.45) is 5.72. The van der Waals surface area contributed by atoms with Gasteiger partial charge in [-0.15, -0.1) is 0 Å². The van der Waals surface area contributed by atoms with E-state index in [9.17, 15) is 0 Å². The Labute approximate surface area is 123 Å². The molecule has 1 saturated carbocycles. The molecule has 0 saturated heterocycles. The normalized spacial score (nSPS) is 17.6. The molecule has 1 N–H and O–H groups in total. The summed E-state index contributed by atoms with van der Waals surface area (Å²) in [6, 6.07) is 5.00. The van der Waals surface area contributed by atoms with E-state index in [1.54, 1.807) is 0 Å². The molecule has 1 fully saturated rings. The van der Waals surface area contributed by atoms with Crippen LogP contribution < -0.4 is 5.32 Å². The second-order valence-electron chi connectivity index (χ2n) is 6.25. The van der Waals surface area contributed by atoms with E-state index in [-0.39, 0.29) is 0 Å². The van der Waals surface area contributed by atoms with Crippen molar-refractivity contribution in [2.45, 2.75) is 65.5 Å². The lowest BCUT2D eigenvalue weighted by Crippen LogP contribution is -2.25. The molecule has 1 unspecified atom stereocenters. The Morgan fingerprint density at radius 1 is 1.10 bits per heavy atom. The Morgan fingerprint density at radius 3 is 2.45 bits per heavy atom. The Balaban J connectivity index is 1.79. The second kappa shape index (κ2) is 7.24. The molecule has 1 aliphatic rings. The van der Waals surface area contributed by atoms with Crippen molar-refractivity contribution >= 4 is 0 Å². The summed E-state index contributed by atoms with van der Waals surface area (Å²) in [4.78, 5) is 0. The molecule has 0 radical (unpaired) electrons. The molecule has 2 heteroatoms. The van der Waals surface area contributed by atoms with E-state index in [4.69, 9.17) is 4.74 Å². The van der Waals surface area contributed by atoms with E-state index in [1.165, 1.54) is 47.9 Å². The van der Waals surface area contributed by atoms with Crippen LogP contribution in [0.2, 0.25) is 0 Å². The Morgan fingerprint density at radius 2 is 1.75 bits per heavy atom. The van der Waals surface area contributed by atoms with Crippen LogP contribution in [0, 0.1) is 20.8 Å². The molecule has 1 aromatic carbocycles. The van der Waals surface area contributed by atoms with E-state index in [0.717, 1.165) is 13.2 Å². The zero-order chi connectivity index (χ0) is 14.5. The molecule has 2 nitrogen and oxygen atoms in total. The van der Waals surface area contributed by atoms with Gasteiger partial charge in [0.25, 0.3) is 0 Å². The predicted octanol–water partition coefficient (Wildman–Crippen LogP) is 4.22. The van der Waals surface area contributed by atoms with Gasteiger partial charge in [0.05, 0.1) is 12.7 Å². The monoisotopic (exact) mass is 275 g/mol. The van der Waals surface area contributed by atoms with Crippen molar-refractivity contribution < 1.29 is 4.74 Å². The van der Waals surface area contributed by atoms with E-state index in [0.29, 0.717) is 12.1 Å². The fourth-order valence-corrected chi connectivity index (χ4v) is 3.12. The quantitative estimate of drug-likeness (QED) is 0.785. The molecule has 1 atom stereocenters. The first-order valence-corrected chi connectivity index (χ1v) is 8.00. The largest absolute Gasteiger partial charge is 0.377 e. The Bertz CT molecular complexity index is 435. The van der Waals surface area contributed by atoms with Gasteiger partial charge in [0.1, 0.15) is 0 Å². The van der Waals surface area contributed by atoms with Gasteiger partial charge < -0.3 is 10.1 Å². The van der Waals surface area contributed by atoms with Crippen LogP contribution in [-0.2, 0) is 4.74 Å². The predicted molar refractivity (Wildman–Crippen MR) is 85.3 cm³/mol. The number of nitrogens with one attached hydrogen (secondary N) is 1. The second-order valence-corrected chi connectivity index (χ2v) is 6.25. The molecular weight excluding hydrogens is 246 g/mol. The highest BCUT2D eigenvalue weighted by molar-refractivity contribution is 5.37. The first kappa shape index (κ1) is 15.5. The van der Waals surface area contributed by atoms with Gasteiger partial charge in [-0.1, -0.05) is 25.0 Å². The number of hydrogen-bond acceptors (Lipinski definition) is 2. The van der Waals surface area contributed by atoms with E-state index in [1.807, 2.05) is 0 Å². The third-order valence-corrected chi connectivity index (χ3v) is 4.56. The molecule has 0 aromatic heterocycles. The SMILES string of the molecule is Cc1cc(C)c(C(C)NCCOC2CCCC2)cc1C. The van der Waals surface area contributed by atoms with Crippen LogP contribution in [0.25, 0.3) is 0 Å². The minimum absolute atomic E-state index is 0.390. The number of ether oxygens (including phenoxy) is 1. The van der Waals surface area contributed by atoms with Crippen LogP contribution in [0.15, 0.2) is 12.1 Å². The topological polar surface area (TPSA) is 21.3 Å². The smallest absolute Gasteiger partial charge is 0.0594 e. The van der Waals surface area contributed by atoms with Crippen LogP contribution in [0.5, 0.6) is 0 Å². The van der Waals surface area contributed by atoms with Crippen molar-refractivity contribution in [3.8, 4) is 0 Å². The van der Waals surface area contributed by atoms with Gasteiger partial charge in [-0.25, -0.2) is 0 Å². The lowest BCUT2D eigenvalue weighted by atomic mass is 9.96. The molecular formula is C18H29NO. The van der Waals surface area contributed by atoms with Gasteiger partial charge in [-0.05, 0) is 62.8 Å². The van der Waals surface area contributed by atoms with Crippen LogP contribution in [-0.4, -0.2) is 19.3 Å². The summed E-state index contributed by atoms with van der Waals surface area (Å²) >= 11 is 0. The summed E-state index contributed by atoms with van der Waals surface area (Å²) < 4.78 is 5.90. The van der Waals surface area contributed by atoms with E-state index in [2.05, 4.69) is 45.1 Å². The minimum Gasteiger partial charge on any atom is -0.377 e. The van der Waals surface area contributed by atoms with Crippen molar-refractivity contribution in [2.24, 2.45) is 0 Å². The van der Waals surface area contributed by atoms with Crippen molar-refractivity contribution in [3.05, 3.63) is 34.4 Å². The molecule has 0 aliphatic heterocycles. The molecule has 0 amide bonds. The first-order chi connectivity index (χ1) is 9.58. The van der Waals surface area contributed by atoms with Crippen LogP contribution in [0.3, 0.4) is 0 Å². The van der Waals surface area contributed by atoms with Crippen molar-refractivity contribution in [2.75, 3.05) is 13.2 Å². The van der Waals surface area contributed by atoms with Gasteiger partial charge in [-0.3, -0.25) is 0 Å². The average Bonchev–Trinajstić information content (AvgIpc) is 2.92. The van der Waals surface area contributed by atoms with Crippen molar-refractivity contribution in [3.63, 3.8) is 0 Å². The standard InChI is InChI=1S/C18H29NO/c1-13-11-15(3)18(12-14(13)2)16(4)19-9-10-20-17-7-5-6-8-17/h11-12,16-17,19H,5-10H2,1-4H3. The van der Waals surface area contributed by atoms with Crippen LogP contribution in [0.1, 0.15) is 60.9 Å². The van der Waals surface area contributed by atoms with E-state index >= 15 is 0 Å². The summed E-state index contributed by atoms with van der Waals surface area (Å²) in [6.45, 7) is 10.6. The number of aryl methyl sites for hydroxylation is 3. The maximum atomic E-state index is 5.90. The van der Waals surface area contributed by atoms with Crippen molar-refractivity contribution in [1.82, 2.24) is 5.32 Å². The van der Waals surface area contributed by atoms with Gasteiger partial charge in [0.15, 0.2) is 0 Å². The summed E-state index contributed by atoms with van der Waals surface area (Å²) in [5, 5.41) is 3.59. The van der Waals surface area contributed by atoms with Gasteiger partial charge >= 0.3 is 0 Å². The summed E-state index contributed by atoms with van der Waals surface area (Å²) in [5.41, 5.74) is 5.54. The molecule has 1 aromatic rings. The lowest BCUT2D eigenvalue weighted by Gasteiger charge is -2.19. The third-order valence-electron chi connectivity index (χ3n) is 4.56. The molecule has 0 spiro atoms. The molecule has 2 rings (SSSR count). The number of benzene rings is 1. The summed E-state index contributed by atoms with van der Waals surface area (Å²) in [5.74, 6) is 0. The molecule has 1 aliphatic carbocycles. The zero-order valence-electron chi connectivity index (χ0n) is 13.5. The highest BCUT2D eigenvalue weighted by atomic mass is 16.5. The Hall–Kier alpha value is -0.860. The van der Waals surface area contributed by atoms with Crippen LogP contribution in [0.4, 0.5) is 0 Å². The van der Waals surface area contributed by atoms with E-state index < -0.39 is 0 Å². The fourth-order valence-electron chi connectivity index (χ4n) is 3.12. The maximum Gasteiger partial charge on any atom is 0.0594 e. The van der Waals surface area contributed by atoms with Gasteiger partial charge in [0.2, 0.25) is 0 Å². The van der Waals surface area contributed by atoms with Gasteiger partial charge in [0, 0.05) is 12.6 Å². The zero-order valence-corrected chi connectivity index (χ0v) is 13.5. The molecule has 0 bridgehead atoms. The molecule has 0 heterocycles. The lowest BCUT2D eigenvalue weighted by molar-refractivity contribution is 0.0593. The molecule has 20 heavy (non-hydrogen) atoms.